The third-order valence-electron chi connectivity index (χ3n) is 2.62. The van der Waals surface area contributed by atoms with Gasteiger partial charge in [-0.05, 0) is 45.8 Å². The number of hydrogen-bond donors (Lipinski definition) is 1. The molecule has 1 aliphatic carbocycles. The third kappa shape index (κ3) is 2.37. The molecular formula is C11H11BrF2O. The van der Waals surface area contributed by atoms with Gasteiger partial charge in [-0.1, -0.05) is 24.3 Å². The fourth-order valence-corrected chi connectivity index (χ4v) is 1.95. The molecule has 0 aromatic heterocycles. The predicted octanol–water partition coefficient (Wildman–Crippen LogP) is 3.59. The molecule has 0 amide bonds. The van der Waals surface area contributed by atoms with Crippen LogP contribution in [0.1, 0.15) is 36.0 Å². The Bertz CT molecular complexity index is 358. The summed E-state index contributed by atoms with van der Waals surface area (Å²) in [4.78, 5) is -3.27. The van der Waals surface area contributed by atoms with Gasteiger partial charge in [0, 0.05) is 0 Å². The fourth-order valence-electron chi connectivity index (χ4n) is 1.70. The molecule has 2 rings (SSSR count). The second-order valence-electron chi connectivity index (χ2n) is 3.85. The lowest BCUT2D eigenvalue weighted by molar-refractivity contribution is -0.0299. The molecule has 0 heterocycles. The Morgan fingerprint density at radius 2 is 1.93 bits per heavy atom. The summed E-state index contributed by atoms with van der Waals surface area (Å²) in [7, 11) is 0. The van der Waals surface area contributed by atoms with Crippen LogP contribution in [0.3, 0.4) is 0 Å². The lowest BCUT2D eigenvalue weighted by Gasteiger charge is -2.19. The van der Waals surface area contributed by atoms with Crippen molar-refractivity contribution in [1.29, 1.82) is 0 Å². The molecule has 1 N–H and O–H groups in total. The van der Waals surface area contributed by atoms with Crippen LogP contribution in [0.4, 0.5) is 8.78 Å². The number of rotatable bonds is 3. The highest BCUT2D eigenvalue weighted by atomic mass is 79.9. The largest absolute Gasteiger partial charge is 0.381 e. The first-order valence-corrected chi connectivity index (χ1v) is 5.63. The molecule has 82 valence electrons. The van der Waals surface area contributed by atoms with Crippen molar-refractivity contribution >= 4 is 15.9 Å². The van der Waals surface area contributed by atoms with Crippen LogP contribution in [0.15, 0.2) is 24.3 Å². The summed E-state index contributed by atoms with van der Waals surface area (Å²) in [6.45, 7) is 0. The SMILES string of the molecule is OC(c1ccccc1C1CC1)C(F)(F)Br. The predicted molar refractivity (Wildman–Crippen MR) is 57.3 cm³/mol. The van der Waals surface area contributed by atoms with E-state index in [1.165, 1.54) is 0 Å². The minimum absolute atomic E-state index is 0.335. The normalized spacial score (nSPS) is 18.9. The van der Waals surface area contributed by atoms with Crippen molar-refractivity contribution < 1.29 is 13.9 Å². The van der Waals surface area contributed by atoms with Gasteiger partial charge in [0.15, 0.2) is 6.10 Å². The van der Waals surface area contributed by atoms with Gasteiger partial charge in [-0.25, -0.2) is 0 Å². The zero-order valence-corrected chi connectivity index (χ0v) is 9.55. The van der Waals surface area contributed by atoms with E-state index in [1.807, 2.05) is 12.1 Å². The molecule has 1 aliphatic rings. The lowest BCUT2D eigenvalue weighted by atomic mass is 9.99. The van der Waals surface area contributed by atoms with Gasteiger partial charge in [-0.2, -0.15) is 8.78 Å². The van der Waals surface area contributed by atoms with Crippen molar-refractivity contribution in [2.24, 2.45) is 0 Å². The first-order chi connectivity index (χ1) is 7.00. The summed E-state index contributed by atoms with van der Waals surface area (Å²) in [6.07, 6.45) is 0.282. The number of benzene rings is 1. The van der Waals surface area contributed by atoms with Crippen molar-refractivity contribution in [2.45, 2.75) is 29.7 Å². The van der Waals surface area contributed by atoms with Crippen LogP contribution in [0.25, 0.3) is 0 Å². The van der Waals surface area contributed by atoms with E-state index in [0.29, 0.717) is 11.5 Å². The van der Waals surface area contributed by atoms with Gasteiger partial charge in [0.05, 0.1) is 0 Å². The summed E-state index contributed by atoms with van der Waals surface area (Å²) in [6, 6.07) is 6.86. The lowest BCUT2D eigenvalue weighted by Crippen LogP contribution is -2.19. The molecule has 1 aromatic carbocycles. The monoisotopic (exact) mass is 276 g/mol. The van der Waals surface area contributed by atoms with E-state index in [-0.39, 0.29) is 0 Å². The van der Waals surface area contributed by atoms with Crippen LogP contribution in [0.2, 0.25) is 0 Å². The van der Waals surface area contributed by atoms with E-state index in [0.717, 1.165) is 18.4 Å². The molecule has 0 radical (unpaired) electrons. The van der Waals surface area contributed by atoms with Crippen molar-refractivity contribution in [3.8, 4) is 0 Å². The highest BCUT2D eigenvalue weighted by Gasteiger charge is 2.39. The number of hydrogen-bond acceptors (Lipinski definition) is 1. The van der Waals surface area contributed by atoms with Crippen LogP contribution >= 0.6 is 15.9 Å². The van der Waals surface area contributed by atoms with Gasteiger partial charge >= 0.3 is 4.83 Å². The van der Waals surface area contributed by atoms with E-state index in [4.69, 9.17) is 0 Å². The summed E-state index contributed by atoms with van der Waals surface area (Å²) in [5, 5.41) is 9.52. The molecule has 1 nitrogen and oxygen atoms in total. The quantitative estimate of drug-likeness (QED) is 0.837. The van der Waals surface area contributed by atoms with Gasteiger partial charge in [0.1, 0.15) is 0 Å². The van der Waals surface area contributed by atoms with Crippen LogP contribution in [0, 0.1) is 0 Å². The second-order valence-corrected chi connectivity index (χ2v) is 4.90. The molecule has 0 bridgehead atoms. The Morgan fingerprint density at radius 1 is 1.33 bits per heavy atom. The maximum atomic E-state index is 12.9. The van der Waals surface area contributed by atoms with Gasteiger partial charge in [-0.3, -0.25) is 0 Å². The summed E-state index contributed by atoms with van der Waals surface area (Å²) in [5.41, 5.74) is 1.19. The molecule has 4 heteroatoms. The minimum atomic E-state index is -3.27. The molecule has 1 saturated carbocycles. The number of halogens is 3. The number of alkyl halides is 3. The standard InChI is InChI=1S/C11H11BrF2O/c12-11(13,14)10(15)9-4-2-1-3-8(9)7-5-6-7/h1-4,7,10,15H,5-6H2. The van der Waals surface area contributed by atoms with Gasteiger partial charge in [0.2, 0.25) is 0 Å². The van der Waals surface area contributed by atoms with E-state index >= 15 is 0 Å². The Hall–Kier alpha value is -0.480. The van der Waals surface area contributed by atoms with Gasteiger partial charge in [-0.15, -0.1) is 0 Å². The first-order valence-electron chi connectivity index (χ1n) is 4.84. The first kappa shape index (κ1) is 11.0. The summed E-state index contributed by atoms with van der Waals surface area (Å²) < 4.78 is 25.9. The molecular weight excluding hydrogens is 266 g/mol. The zero-order valence-electron chi connectivity index (χ0n) is 7.96. The van der Waals surface area contributed by atoms with Crippen molar-refractivity contribution in [2.75, 3.05) is 0 Å². The minimum Gasteiger partial charge on any atom is -0.381 e. The Balaban J connectivity index is 2.34. The average molecular weight is 277 g/mol. The van der Waals surface area contributed by atoms with E-state index in [2.05, 4.69) is 15.9 Å². The highest BCUT2D eigenvalue weighted by Crippen LogP contribution is 2.46. The highest BCUT2D eigenvalue weighted by molar-refractivity contribution is 9.10. The molecule has 0 aliphatic heterocycles. The zero-order chi connectivity index (χ0) is 11.1. The summed E-state index contributed by atoms with van der Waals surface area (Å²) in [5.74, 6) is 0.352. The smallest absolute Gasteiger partial charge is 0.330 e. The number of aliphatic hydroxyl groups excluding tert-OH is 1. The Kier molecular flexibility index (Phi) is 2.81. The van der Waals surface area contributed by atoms with Crippen LogP contribution in [0.5, 0.6) is 0 Å². The molecule has 1 atom stereocenters. The summed E-state index contributed by atoms with van der Waals surface area (Å²) >= 11 is 2.20. The molecule has 1 fully saturated rings. The fraction of sp³-hybridized carbons (Fsp3) is 0.455. The van der Waals surface area contributed by atoms with E-state index < -0.39 is 10.9 Å². The molecule has 1 aromatic rings. The van der Waals surface area contributed by atoms with E-state index in [1.54, 1.807) is 12.1 Å². The molecule has 15 heavy (non-hydrogen) atoms. The van der Waals surface area contributed by atoms with Crippen molar-refractivity contribution in [3.05, 3.63) is 35.4 Å². The third-order valence-corrected chi connectivity index (χ3v) is 3.05. The second kappa shape index (κ2) is 3.83. The number of aliphatic hydroxyl groups is 1. The maximum Gasteiger partial charge on any atom is 0.330 e. The van der Waals surface area contributed by atoms with Crippen molar-refractivity contribution in [1.82, 2.24) is 0 Å². The molecule has 0 saturated heterocycles. The van der Waals surface area contributed by atoms with Crippen LogP contribution < -0.4 is 0 Å². The Labute approximate surface area is 95.2 Å². The maximum absolute atomic E-state index is 12.9. The van der Waals surface area contributed by atoms with Gasteiger partial charge < -0.3 is 5.11 Å². The average Bonchev–Trinajstić information content (AvgIpc) is 2.98. The van der Waals surface area contributed by atoms with Gasteiger partial charge in [0.25, 0.3) is 0 Å². The van der Waals surface area contributed by atoms with Crippen LogP contribution in [-0.2, 0) is 0 Å². The van der Waals surface area contributed by atoms with E-state index in [9.17, 15) is 13.9 Å². The topological polar surface area (TPSA) is 20.2 Å². The molecule has 0 spiro atoms. The Morgan fingerprint density at radius 3 is 2.47 bits per heavy atom. The van der Waals surface area contributed by atoms with Crippen molar-refractivity contribution in [3.63, 3.8) is 0 Å². The van der Waals surface area contributed by atoms with Crippen LogP contribution in [-0.4, -0.2) is 9.94 Å². The molecule has 1 unspecified atom stereocenters.